The van der Waals surface area contributed by atoms with Gasteiger partial charge < -0.3 is 9.30 Å². The van der Waals surface area contributed by atoms with E-state index in [9.17, 15) is 26.4 Å². The fourth-order valence-electron chi connectivity index (χ4n) is 2.42. The van der Waals surface area contributed by atoms with Crippen LogP contribution in [0.5, 0.6) is 0 Å². The maximum Gasteiger partial charge on any atom is 0.417 e. The largest absolute Gasteiger partial charge is 0.461 e. The lowest BCUT2D eigenvalue weighted by molar-refractivity contribution is -0.136. The molecule has 10 heteroatoms. The van der Waals surface area contributed by atoms with Crippen LogP contribution in [-0.2, 0) is 33.8 Å². The zero-order valence-corrected chi connectivity index (χ0v) is 13.5. The highest BCUT2D eigenvalue weighted by Crippen LogP contribution is 2.37. The molecule has 0 spiro atoms. The number of alkyl halides is 3. The molecule has 0 atom stereocenters. The molecule has 132 valence electrons. The van der Waals surface area contributed by atoms with E-state index in [0.29, 0.717) is 6.07 Å². The van der Waals surface area contributed by atoms with E-state index < -0.39 is 33.6 Å². The molecule has 1 aromatic heterocycles. The molecule has 0 fully saturated rings. The topological polar surface area (TPSA) is 85.6 Å². The van der Waals surface area contributed by atoms with Crippen molar-refractivity contribution in [1.29, 1.82) is 0 Å². The van der Waals surface area contributed by atoms with Crippen molar-refractivity contribution in [3.8, 4) is 0 Å². The van der Waals surface area contributed by atoms with Gasteiger partial charge in [-0.2, -0.15) is 21.6 Å². The number of esters is 1. The molecule has 6 nitrogen and oxygen atoms in total. The number of hydrogen-bond acceptors (Lipinski definition) is 4. The van der Waals surface area contributed by atoms with Crippen molar-refractivity contribution in [3.63, 3.8) is 0 Å². The third-order valence-corrected chi connectivity index (χ3v) is 4.06. The van der Waals surface area contributed by atoms with Crippen molar-refractivity contribution >= 4 is 27.0 Å². The molecule has 1 aromatic carbocycles. The summed E-state index contributed by atoms with van der Waals surface area (Å²) >= 11 is 0. The Kier molecular flexibility index (Phi) is 4.64. The number of fused-ring (bicyclic) bond motifs is 1. The fourth-order valence-corrected chi connectivity index (χ4v) is 3.01. The number of aromatic nitrogens is 1. The third-order valence-electron chi connectivity index (χ3n) is 3.36. The van der Waals surface area contributed by atoms with Gasteiger partial charge in [0.05, 0.1) is 12.2 Å². The second kappa shape index (κ2) is 6.10. The molecule has 0 amide bonds. The lowest BCUT2D eigenvalue weighted by atomic mass is 10.1. The quantitative estimate of drug-likeness (QED) is 0.665. The molecule has 0 unspecified atom stereocenters. The Hall–Kier alpha value is -2.07. The number of carbonyl (C=O) groups is 1. The minimum Gasteiger partial charge on any atom is -0.461 e. The predicted octanol–water partition coefficient (Wildman–Crippen LogP) is 2.76. The standard InChI is InChI=1S/C14H14F3NO5S/c1-3-23-13(19)12-6-9-10(14(15,16)17)4-8(7-24(20,21)22)5-11(9)18(12)2/h4-6H,3,7H2,1-2H3,(H,20,21,22). The lowest BCUT2D eigenvalue weighted by Crippen LogP contribution is -2.10. The summed E-state index contributed by atoms with van der Waals surface area (Å²) in [6, 6.07) is 2.87. The van der Waals surface area contributed by atoms with E-state index in [-0.39, 0.29) is 28.8 Å². The number of hydrogen-bond donors (Lipinski definition) is 1. The van der Waals surface area contributed by atoms with Crippen LogP contribution < -0.4 is 0 Å². The van der Waals surface area contributed by atoms with Gasteiger partial charge in [0.15, 0.2) is 0 Å². The first kappa shape index (κ1) is 18.3. The highest BCUT2D eigenvalue weighted by Gasteiger charge is 2.34. The highest BCUT2D eigenvalue weighted by molar-refractivity contribution is 7.85. The average molecular weight is 365 g/mol. The van der Waals surface area contributed by atoms with Crippen molar-refractivity contribution in [2.75, 3.05) is 6.61 Å². The maximum absolute atomic E-state index is 13.3. The second-order valence-electron chi connectivity index (χ2n) is 5.11. The van der Waals surface area contributed by atoms with Crippen molar-refractivity contribution in [3.05, 3.63) is 35.0 Å². The van der Waals surface area contributed by atoms with Gasteiger partial charge in [0, 0.05) is 18.0 Å². The molecule has 24 heavy (non-hydrogen) atoms. The zero-order chi connectivity index (χ0) is 18.3. The van der Waals surface area contributed by atoms with Crippen molar-refractivity contribution in [2.24, 2.45) is 7.05 Å². The molecule has 0 bridgehead atoms. The number of rotatable bonds is 4. The Bertz CT molecular complexity index is 899. The summed E-state index contributed by atoms with van der Waals surface area (Å²) in [4.78, 5) is 11.8. The molecule has 0 aliphatic carbocycles. The van der Waals surface area contributed by atoms with Gasteiger partial charge in [-0.25, -0.2) is 4.79 Å². The molecule has 0 aliphatic rings. The van der Waals surface area contributed by atoms with E-state index in [4.69, 9.17) is 9.29 Å². The first-order chi connectivity index (χ1) is 10.9. The molecule has 2 aromatic rings. The molecule has 0 saturated heterocycles. The number of ether oxygens (including phenoxy) is 1. The fraction of sp³-hybridized carbons (Fsp3) is 0.357. The van der Waals surface area contributed by atoms with Crippen LogP contribution in [0.4, 0.5) is 13.2 Å². The van der Waals surface area contributed by atoms with Crippen molar-refractivity contribution in [2.45, 2.75) is 18.9 Å². The van der Waals surface area contributed by atoms with Gasteiger partial charge in [-0.05, 0) is 30.7 Å². The predicted molar refractivity (Wildman–Crippen MR) is 79.1 cm³/mol. The minimum atomic E-state index is -4.76. The molecular formula is C14H14F3NO5S. The summed E-state index contributed by atoms with van der Waals surface area (Å²) in [5.41, 5.74) is -1.42. The van der Waals surface area contributed by atoms with Gasteiger partial charge in [-0.15, -0.1) is 0 Å². The Balaban J connectivity index is 2.76. The van der Waals surface area contributed by atoms with Crippen LogP contribution >= 0.6 is 0 Å². The van der Waals surface area contributed by atoms with Crippen molar-refractivity contribution in [1.82, 2.24) is 4.57 Å². The summed E-state index contributed by atoms with van der Waals surface area (Å²) in [6.45, 7) is 1.62. The van der Waals surface area contributed by atoms with Crippen molar-refractivity contribution < 1.29 is 35.7 Å². The number of carbonyl (C=O) groups excluding carboxylic acids is 1. The summed E-state index contributed by atoms with van der Waals surface area (Å²) in [5.74, 6) is -1.76. The van der Waals surface area contributed by atoms with Gasteiger partial charge in [-0.1, -0.05) is 0 Å². The van der Waals surface area contributed by atoms with E-state index in [2.05, 4.69) is 0 Å². The molecular weight excluding hydrogens is 351 g/mol. The first-order valence-corrected chi connectivity index (χ1v) is 8.36. The van der Waals surface area contributed by atoms with Gasteiger partial charge in [0.2, 0.25) is 0 Å². The van der Waals surface area contributed by atoms with Crippen LogP contribution in [0.15, 0.2) is 18.2 Å². The summed E-state index contributed by atoms with van der Waals surface area (Å²) < 4.78 is 76.7. The van der Waals surface area contributed by atoms with Crippen LogP contribution in [0.2, 0.25) is 0 Å². The van der Waals surface area contributed by atoms with E-state index in [1.807, 2.05) is 0 Å². The van der Waals surface area contributed by atoms with Gasteiger partial charge >= 0.3 is 12.1 Å². The highest BCUT2D eigenvalue weighted by atomic mass is 32.2. The second-order valence-corrected chi connectivity index (χ2v) is 6.56. The minimum absolute atomic E-state index is 0.00604. The first-order valence-electron chi connectivity index (χ1n) is 6.76. The molecule has 1 heterocycles. The van der Waals surface area contributed by atoms with Crippen LogP contribution in [0.25, 0.3) is 10.9 Å². The Labute approximate surface area is 135 Å². The van der Waals surface area contributed by atoms with Crippen LogP contribution in [0, 0.1) is 0 Å². The lowest BCUT2D eigenvalue weighted by Gasteiger charge is -2.11. The number of aryl methyl sites for hydroxylation is 1. The number of nitrogens with zero attached hydrogens (tertiary/aromatic N) is 1. The maximum atomic E-state index is 13.3. The normalized spacial score (nSPS) is 12.6. The summed E-state index contributed by atoms with van der Waals surface area (Å²) in [5, 5.41) is -0.257. The van der Waals surface area contributed by atoms with E-state index in [1.54, 1.807) is 6.92 Å². The monoisotopic (exact) mass is 365 g/mol. The molecule has 2 rings (SSSR count). The molecule has 0 radical (unpaired) electrons. The van der Waals surface area contributed by atoms with E-state index >= 15 is 0 Å². The summed E-state index contributed by atoms with van der Waals surface area (Å²) in [7, 11) is -3.14. The Morgan fingerprint density at radius 1 is 1.29 bits per heavy atom. The van der Waals surface area contributed by atoms with Gasteiger partial charge in [-0.3, -0.25) is 4.55 Å². The average Bonchev–Trinajstić information content (AvgIpc) is 2.73. The van der Waals surface area contributed by atoms with Crippen LogP contribution in [0.1, 0.15) is 28.5 Å². The zero-order valence-electron chi connectivity index (χ0n) is 12.7. The van der Waals surface area contributed by atoms with Gasteiger partial charge in [0.1, 0.15) is 11.4 Å². The Morgan fingerprint density at radius 3 is 2.42 bits per heavy atom. The van der Waals surface area contributed by atoms with E-state index in [1.165, 1.54) is 17.7 Å². The Morgan fingerprint density at radius 2 is 1.92 bits per heavy atom. The SMILES string of the molecule is CCOC(=O)c1cc2c(C(F)(F)F)cc(CS(=O)(=O)O)cc2n1C. The smallest absolute Gasteiger partial charge is 0.417 e. The molecule has 1 N–H and O–H groups in total. The molecule has 0 aliphatic heterocycles. The van der Waals surface area contributed by atoms with Crippen LogP contribution in [0.3, 0.4) is 0 Å². The van der Waals surface area contributed by atoms with Gasteiger partial charge in [0.25, 0.3) is 10.1 Å². The van der Waals surface area contributed by atoms with E-state index in [0.717, 1.165) is 6.07 Å². The summed E-state index contributed by atoms with van der Waals surface area (Å²) in [6.07, 6.45) is -4.76. The van der Waals surface area contributed by atoms with Crippen LogP contribution in [-0.4, -0.2) is 30.1 Å². The number of benzene rings is 1. The third kappa shape index (κ3) is 3.70. The number of halogens is 3. The molecule has 0 saturated carbocycles.